The van der Waals surface area contributed by atoms with E-state index in [1.54, 1.807) is 0 Å². The van der Waals surface area contributed by atoms with E-state index in [-0.39, 0.29) is 17.2 Å². The van der Waals surface area contributed by atoms with Gasteiger partial charge in [-0.3, -0.25) is 4.79 Å². The molecule has 0 spiro atoms. The minimum absolute atomic E-state index is 0.149. The van der Waals surface area contributed by atoms with Crippen molar-refractivity contribution in [1.82, 2.24) is 0 Å². The number of rotatable bonds is 8. The van der Waals surface area contributed by atoms with Crippen LogP contribution in [0.4, 0.5) is 0 Å². The van der Waals surface area contributed by atoms with E-state index in [4.69, 9.17) is 14.2 Å². The maximum Gasteiger partial charge on any atom is 0.347 e. The zero-order valence-electron chi connectivity index (χ0n) is 14.8. The van der Waals surface area contributed by atoms with Crippen LogP contribution in [0.5, 0.6) is 17.2 Å². The monoisotopic (exact) mass is 368 g/mol. The summed E-state index contributed by atoms with van der Waals surface area (Å²) in [6.45, 7) is 0. The highest BCUT2D eigenvalue weighted by Crippen LogP contribution is 2.37. The highest BCUT2D eigenvalue weighted by Gasteiger charge is 2.26. The third-order valence-electron chi connectivity index (χ3n) is 3.22. The molecule has 1 aromatic carbocycles. The summed E-state index contributed by atoms with van der Waals surface area (Å²) in [7, 11) is 4.98. The maximum absolute atomic E-state index is 11.9. The number of phenolic OH excluding ortho intramolecular Hbond substituents is 1. The molecule has 1 aromatic rings. The normalized spacial score (nSPS) is 11.5. The van der Waals surface area contributed by atoms with Crippen LogP contribution >= 0.6 is 0 Å². The average molecular weight is 368 g/mol. The Balaban J connectivity index is 2.91. The predicted molar refractivity (Wildman–Crippen MR) is 88.8 cm³/mol. The maximum atomic E-state index is 11.9. The van der Waals surface area contributed by atoms with Crippen molar-refractivity contribution in [2.75, 3.05) is 28.4 Å². The fourth-order valence-electron chi connectivity index (χ4n) is 1.89. The lowest BCUT2D eigenvalue weighted by Gasteiger charge is -2.13. The SMILES string of the molecule is COC(=O)C[C@@H](OC(=O)/C=C/c1cc(OC)c(O)c(OC)c1)C(=O)OC. The van der Waals surface area contributed by atoms with E-state index in [0.29, 0.717) is 5.56 Å². The Hall–Kier alpha value is -3.23. The molecule has 0 aliphatic carbocycles. The second-order valence-electron chi connectivity index (χ2n) is 4.84. The van der Waals surface area contributed by atoms with E-state index >= 15 is 0 Å². The number of phenols is 1. The molecule has 0 aliphatic heterocycles. The number of methoxy groups -OCH3 is 4. The fraction of sp³-hybridized carbons (Fsp3) is 0.353. The molecule has 9 heteroatoms. The van der Waals surface area contributed by atoms with Crippen molar-refractivity contribution in [2.45, 2.75) is 12.5 Å². The van der Waals surface area contributed by atoms with Gasteiger partial charge in [-0.05, 0) is 23.8 Å². The molecule has 0 amide bonds. The number of benzene rings is 1. The van der Waals surface area contributed by atoms with Crippen LogP contribution in [0, 0.1) is 0 Å². The average Bonchev–Trinajstić information content (AvgIpc) is 2.65. The van der Waals surface area contributed by atoms with Gasteiger partial charge < -0.3 is 28.8 Å². The minimum Gasteiger partial charge on any atom is -0.502 e. The van der Waals surface area contributed by atoms with Crippen LogP contribution in [0.3, 0.4) is 0 Å². The molecule has 142 valence electrons. The van der Waals surface area contributed by atoms with E-state index in [1.165, 1.54) is 32.4 Å². The Morgan fingerprint density at radius 3 is 2.08 bits per heavy atom. The molecule has 0 saturated heterocycles. The second kappa shape index (κ2) is 9.92. The topological polar surface area (TPSA) is 118 Å². The van der Waals surface area contributed by atoms with Crippen molar-refractivity contribution >= 4 is 24.0 Å². The number of hydrogen-bond donors (Lipinski definition) is 1. The van der Waals surface area contributed by atoms with Gasteiger partial charge in [0.15, 0.2) is 11.5 Å². The molecule has 0 aliphatic rings. The summed E-state index contributed by atoms with van der Waals surface area (Å²) in [5.41, 5.74) is 0.469. The van der Waals surface area contributed by atoms with Gasteiger partial charge in [-0.2, -0.15) is 0 Å². The quantitative estimate of drug-likeness (QED) is 0.408. The Labute approximate surface area is 150 Å². The Morgan fingerprint density at radius 1 is 1.04 bits per heavy atom. The lowest BCUT2D eigenvalue weighted by atomic mass is 10.1. The lowest BCUT2D eigenvalue weighted by Crippen LogP contribution is -2.30. The first-order valence-corrected chi connectivity index (χ1v) is 7.34. The first-order valence-electron chi connectivity index (χ1n) is 7.34. The Morgan fingerprint density at radius 2 is 1.62 bits per heavy atom. The third kappa shape index (κ3) is 5.69. The van der Waals surface area contributed by atoms with Gasteiger partial charge in [0.25, 0.3) is 0 Å². The highest BCUT2D eigenvalue weighted by molar-refractivity contribution is 5.90. The number of carbonyl (C=O) groups is 3. The molecule has 1 rings (SSSR count). The van der Waals surface area contributed by atoms with E-state index in [1.807, 2.05) is 0 Å². The van der Waals surface area contributed by atoms with Crippen molar-refractivity contribution in [3.05, 3.63) is 23.8 Å². The standard InChI is InChI=1S/C17H20O9/c1-22-11-7-10(8-12(23-2)16(11)20)5-6-14(18)26-13(17(21)25-4)9-15(19)24-3/h5-8,13,20H,9H2,1-4H3/b6-5+/t13-/m1/s1. The van der Waals surface area contributed by atoms with Gasteiger partial charge in [-0.25, -0.2) is 9.59 Å². The van der Waals surface area contributed by atoms with E-state index in [9.17, 15) is 19.5 Å². The number of carbonyl (C=O) groups excluding carboxylic acids is 3. The van der Waals surface area contributed by atoms with Gasteiger partial charge in [-0.15, -0.1) is 0 Å². The van der Waals surface area contributed by atoms with Crippen LogP contribution in [0.25, 0.3) is 6.08 Å². The van der Waals surface area contributed by atoms with Crippen LogP contribution < -0.4 is 9.47 Å². The summed E-state index contributed by atoms with van der Waals surface area (Å²) in [5, 5.41) is 9.84. The number of esters is 3. The summed E-state index contributed by atoms with van der Waals surface area (Å²) < 4.78 is 23.9. The molecular formula is C17H20O9. The number of ether oxygens (including phenoxy) is 5. The van der Waals surface area contributed by atoms with Gasteiger partial charge >= 0.3 is 17.9 Å². The summed E-state index contributed by atoms with van der Waals surface area (Å²) in [5.74, 6) is -2.38. The molecule has 0 radical (unpaired) electrons. The van der Waals surface area contributed by atoms with Gasteiger partial charge in [-0.1, -0.05) is 0 Å². The van der Waals surface area contributed by atoms with Crippen LogP contribution in [0.1, 0.15) is 12.0 Å². The van der Waals surface area contributed by atoms with Crippen LogP contribution in [0.2, 0.25) is 0 Å². The largest absolute Gasteiger partial charge is 0.502 e. The minimum atomic E-state index is -1.42. The van der Waals surface area contributed by atoms with Crippen molar-refractivity contribution < 1.29 is 43.2 Å². The lowest BCUT2D eigenvalue weighted by molar-refractivity contribution is -0.167. The Bertz CT molecular complexity index is 668. The molecule has 1 atom stereocenters. The fourth-order valence-corrected chi connectivity index (χ4v) is 1.89. The Kier molecular flexibility index (Phi) is 7.94. The highest BCUT2D eigenvalue weighted by atomic mass is 16.6. The van der Waals surface area contributed by atoms with Crippen molar-refractivity contribution in [3.63, 3.8) is 0 Å². The third-order valence-corrected chi connectivity index (χ3v) is 3.22. The predicted octanol–water partition coefficient (Wildman–Crippen LogP) is 1.07. The molecule has 0 bridgehead atoms. The van der Waals surface area contributed by atoms with E-state index < -0.39 is 30.4 Å². The smallest absolute Gasteiger partial charge is 0.347 e. The first-order chi connectivity index (χ1) is 12.4. The molecule has 0 heterocycles. The van der Waals surface area contributed by atoms with Gasteiger partial charge in [0.2, 0.25) is 11.9 Å². The van der Waals surface area contributed by atoms with E-state index in [2.05, 4.69) is 9.47 Å². The summed E-state index contributed by atoms with van der Waals surface area (Å²) in [6.07, 6.45) is 0.509. The zero-order chi connectivity index (χ0) is 19.7. The summed E-state index contributed by atoms with van der Waals surface area (Å²) >= 11 is 0. The summed E-state index contributed by atoms with van der Waals surface area (Å²) in [6, 6.07) is 2.93. The van der Waals surface area contributed by atoms with E-state index in [0.717, 1.165) is 20.3 Å². The van der Waals surface area contributed by atoms with Crippen LogP contribution in [0.15, 0.2) is 18.2 Å². The first kappa shape index (κ1) is 20.8. The van der Waals surface area contributed by atoms with Crippen LogP contribution in [-0.4, -0.2) is 57.6 Å². The molecule has 0 saturated carbocycles. The van der Waals surface area contributed by atoms with Crippen molar-refractivity contribution in [3.8, 4) is 17.2 Å². The molecule has 0 fully saturated rings. The molecule has 9 nitrogen and oxygen atoms in total. The molecular weight excluding hydrogens is 348 g/mol. The van der Waals surface area contributed by atoms with Crippen molar-refractivity contribution in [1.29, 1.82) is 0 Å². The van der Waals surface area contributed by atoms with Gasteiger partial charge in [0, 0.05) is 6.08 Å². The number of hydrogen-bond acceptors (Lipinski definition) is 9. The second-order valence-corrected chi connectivity index (χ2v) is 4.84. The number of aromatic hydroxyl groups is 1. The molecule has 0 aromatic heterocycles. The van der Waals surface area contributed by atoms with Gasteiger partial charge in [0.05, 0.1) is 34.9 Å². The molecule has 0 unspecified atom stereocenters. The molecule has 26 heavy (non-hydrogen) atoms. The van der Waals surface area contributed by atoms with Crippen molar-refractivity contribution in [2.24, 2.45) is 0 Å². The van der Waals surface area contributed by atoms with Gasteiger partial charge in [0.1, 0.15) is 0 Å². The summed E-state index contributed by atoms with van der Waals surface area (Å²) in [4.78, 5) is 34.8. The zero-order valence-corrected chi connectivity index (χ0v) is 14.8. The molecule has 1 N–H and O–H groups in total. The van der Waals surface area contributed by atoms with Crippen LogP contribution in [-0.2, 0) is 28.6 Å².